The number of phenolic OH excluding ortho intramolecular Hbond substituents is 1. The van der Waals surface area contributed by atoms with Gasteiger partial charge < -0.3 is 14.8 Å². The van der Waals surface area contributed by atoms with Gasteiger partial charge in [-0.1, -0.05) is 31.4 Å². The fraction of sp³-hybridized carbons (Fsp3) is 0.350. The van der Waals surface area contributed by atoms with Crippen LogP contribution >= 0.6 is 11.3 Å². The molecular formula is C20H21NO3S. The number of hydrogen-bond donors (Lipinski definition) is 2. The third kappa shape index (κ3) is 2.82. The van der Waals surface area contributed by atoms with Gasteiger partial charge >= 0.3 is 5.97 Å². The van der Waals surface area contributed by atoms with E-state index in [1.54, 1.807) is 6.07 Å². The summed E-state index contributed by atoms with van der Waals surface area (Å²) >= 11 is 1.48. The van der Waals surface area contributed by atoms with Gasteiger partial charge in [0.1, 0.15) is 10.6 Å². The van der Waals surface area contributed by atoms with Crippen LogP contribution in [0.3, 0.4) is 0 Å². The Morgan fingerprint density at radius 1 is 1.24 bits per heavy atom. The molecule has 1 fully saturated rings. The third-order valence-corrected chi connectivity index (χ3v) is 6.23. The van der Waals surface area contributed by atoms with Crippen LogP contribution in [0.15, 0.2) is 30.3 Å². The molecule has 0 amide bonds. The largest absolute Gasteiger partial charge is 0.507 e. The minimum absolute atomic E-state index is 0.279. The van der Waals surface area contributed by atoms with E-state index in [9.17, 15) is 9.90 Å². The van der Waals surface area contributed by atoms with Crippen LogP contribution in [-0.2, 0) is 4.74 Å². The number of carbonyl (C=O) groups is 1. The quantitative estimate of drug-likeness (QED) is 0.615. The number of H-pyrrole nitrogens is 1. The monoisotopic (exact) mass is 355 g/mol. The highest BCUT2D eigenvalue weighted by Crippen LogP contribution is 2.46. The third-order valence-electron chi connectivity index (χ3n) is 5.08. The van der Waals surface area contributed by atoms with Gasteiger partial charge in [0, 0.05) is 5.56 Å². The van der Waals surface area contributed by atoms with Gasteiger partial charge in [-0.2, -0.15) is 0 Å². The maximum atomic E-state index is 11.9. The number of thiophene rings is 1. The van der Waals surface area contributed by atoms with Crippen molar-refractivity contribution in [2.45, 2.75) is 38.0 Å². The first-order valence-electron chi connectivity index (χ1n) is 8.71. The second-order valence-corrected chi connectivity index (χ2v) is 7.66. The van der Waals surface area contributed by atoms with E-state index in [2.05, 4.69) is 4.98 Å². The van der Waals surface area contributed by atoms with E-state index in [0.29, 0.717) is 10.8 Å². The maximum Gasteiger partial charge on any atom is 0.348 e. The van der Waals surface area contributed by atoms with Crippen molar-refractivity contribution < 1.29 is 14.6 Å². The van der Waals surface area contributed by atoms with E-state index < -0.39 is 0 Å². The number of carbonyl (C=O) groups excluding carboxylic acids is 1. The van der Waals surface area contributed by atoms with E-state index in [1.165, 1.54) is 43.3 Å². The molecule has 0 unspecified atom stereocenters. The van der Waals surface area contributed by atoms with Gasteiger partial charge in [-0.05, 0) is 42.5 Å². The zero-order valence-corrected chi connectivity index (χ0v) is 15.0. The van der Waals surface area contributed by atoms with Crippen molar-refractivity contribution >= 4 is 27.5 Å². The maximum absolute atomic E-state index is 11.9. The Bertz CT molecular complexity index is 918. The van der Waals surface area contributed by atoms with Crippen LogP contribution < -0.4 is 0 Å². The predicted octanol–water partition coefficient (Wildman–Crippen LogP) is 5.44. The van der Waals surface area contributed by atoms with Gasteiger partial charge in [0.2, 0.25) is 0 Å². The summed E-state index contributed by atoms with van der Waals surface area (Å²) in [4.78, 5) is 16.0. The van der Waals surface area contributed by atoms with Crippen LogP contribution in [0.4, 0.5) is 0 Å². The Labute approximate surface area is 150 Å². The standard InChI is InChI=1S/C20H21NO3S/c1-24-20(23)16-11-14-19(25-16)17(12-7-3-2-4-8-12)18(21-14)13-9-5-6-10-15(13)22/h5-6,9-12,21-22H,2-4,7-8H2,1H3. The lowest BCUT2D eigenvalue weighted by Gasteiger charge is -2.22. The number of esters is 1. The zero-order valence-electron chi connectivity index (χ0n) is 14.2. The molecular weight excluding hydrogens is 334 g/mol. The fourth-order valence-corrected chi connectivity index (χ4v) is 5.04. The average molecular weight is 355 g/mol. The van der Waals surface area contributed by atoms with Crippen LogP contribution in [0.25, 0.3) is 21.5 Å². The molecule has 4 rings (SSSR count). The van der Waals surface area contributed by atoms with Crippen LogP contribution in [0, 0.1) is 0 Å². The number of benzene rings is 1. The summed E-state index contributed by atoms with van der Waals surface area (Å²) in [6.07, 6.45) is 6.05. The highest BCUT2D eigenvalue weighted by atomic mass is 32.1. The van der Waals surface area contributed by atoms with Crippen molar-refractivity contribution in [1.29, 1.82) is 0 Å². The van der Waals surface area contributed by atoms with E-state index in [-0.39, 0.29) is 11.7 Å². The molecule has 0 spiro atoms. The first-order chi connectivity index (χ1) is 12.2. The summed E-state index contributed by atoms with van der Waals surface area (Å²) in [6, 6.07) is 9.29. The molecule has 3 aromatic rings. The molecule has 25 heavy (non-hydrogen) atoms. The number of hydrogen-bond acceptors (Lipinski definition) is 4. The lowest BCUT2D eigenvalue weighted by atomic mass is 9.83. The van der Waals surface area contributed by atoms with Crippen LogP contribution in [0.5, 0.6) is 5.75 Å². The number of methoxy groups -OCH3 is 1. The molecule has 2 heterocycles. The first-order valence-corrected chi connectivity index (χ1v) is 9.52. The number of aromatic amines is 1. The lowest BCUT2D eigenvalue weighted by molar-refractivity contribution is 0.0606. The molecule has 1 aliphatic rings. The molecule has 0 saturated heterocycles. The van der Waals surface area contributed by atoms with Crippen LogP contribution in [0.2, 0.25) is 0 Å². The van der Waals surface area contributed by atoms with E-state index in [4.69, 9.17) is 4.74 Å². The van der Waals surface area contributed by atoms with Crippen molar-refractivity contribution in [2.75, 3.05) is 7.11 Å². The SMILES string of the molecule is COC(=O)c1cc2[nH]c(-c3ccccc3O)c(C3CCCCC3)c2s1. The lowest BCUT2D eigenvalue weighted by Crippen LogP contribution is -2.05. The molecule has 4 nitrogen and oxygen atoms in total. The number of nitrogens with one attached hydrogen (secondary N) is 1. The van der Waals surface area contributed by atoms with Crippen molar-refractivity contribution in [3.05, 3.63) is 40.8 Å². The van der Waals surface area contributed by atoms with Gasteiger partial charge in [-0.3, -0.25) is 0 Å². The summed E-state index contributed by atoms with van der Waals surface area (Å²) in [6.45, 7) is 0. The molecule has 1 aliphatic carbocycles. The van der Waals surface area contributed by atoms with E-state index in [1.807, 2.05) is 24.3 Å². The zero-order chi connectivity index (χ0) is 17.4. The van der Waals surface area contributed by atoms with Gasteiger partial charge in [-0.15, -0.1) is 11.3 Å². The molecule has 5 heteroatoms. The number of fused-ring (bicyclic) bond motifs is 1. The molecule has 2 aromatic heterocycles. The van der Waals surface area contributed by atoms with Gasteiger partial charge in [0.05, 0.1) is 23.0 Å². The summed E-state index contributed by atoms with van der Waals surface area (Å²) in [5.74, 6) is 0.441. The number of ether oxygens (including phenoxy) is 1. The van der Waals surface area contributed by atoms with Crippen LogP contribution in [0.1, 0.15) is 53.3 Å². The Balaban J connectivity index is 1.91. The molecule has 2 N–H and O–H groups in total. The summed E-state index contributed by atoms with van der Waals surface area (Å²) in [7, 11) is 1.41. The molecule has 1 aromatic carbocycles. The normalized spacial score (nSPS) is 15.6. The second kappa shape index (κ2) is 6.56. The minimum Gasteiger partial charge on any atom is -0.507 e. The predicted molar refractivity (Wildman–Crippen MR) is 100 cm³/mol. The average Bonchev–Trinajstić information content (AvgIpc) is 3.20. The number of phenols is 1. The van der Waals surface area contributed by atoms with Crippen LogP contribution in [-0.4, -0.2) is 23.2 Å². The number of para-hydroxylation sites is 1. The highest BCUT2D eigenvalue weighted by Gasteiger charge is 2.27. The molecule has 0 aliphatic heterocycles. The fourth-order valence-electron chi connectivity index (χ4n) is 3.88. The van der Waals surface area contributed by atoms with Gasteiger partial charge in [0.25, 0.3) is 0 Å². The number of aromatic nitrogens is 1. The van der Waals surface area contributed by atoms with Crippen molar-refractivity contribution in [2.24, 2.45) is 0 Å². The number of rotatable bonds is 3. The van der Waals surface area contributed by atoms with Gasteiger partial charge in [-0.25, -0.2) is 4.79 Å². The smallest absolute Gasteiger partial charge is 0.348 e. The Morgan fingerprint density at radius 3 is 2.72 bits per heavy atom. The van der Waals surface area contributed by atoms with Crippen molar-refractivity contribution in [1.82, 2.24) is 4.98 Å². The summed E-state index contributed by atoms with van der Waals surface area (Å²) < 4.78 is 5.99. The van der Waals surface area contributed by atoms with E-state index in [0.717, 1.165) is 34.3 Å². The van der Waals surface area contributed by atoms with E-state index >= 15 is 0 Å². The highest BCUT2D eigenvalue weighted by molar-refractivity contribution is 7.21. The topological polar surface area (TPSA) is 62.3 Å². The summed E-state index contributed by atoms with van der Waals surface area (Å²) in [5, 5.41) is 10.3. The summed E-state index contributed by atoms with van der Waals surface area (Å²) in [5.41, 5.74) is 4.01. The molecule has 0 atom stereocenters. The molecule has 0 radical (unpaired) electrons. The Hall–Kier alpha value is -2.27. The first kappa shape index (κ1) is 16.2. The molecule has 1 saturated carbocycles. The van der Waals surface area contributed by atoms with Gasteiger partial charge in [0.15, 0.2) is 0 Å². The molecule has 0 bridgehead atoms. The number of aromatic hydroxyl groups is 1. The van der Waals surface area contributed by atoms with Crippen molar-refractivity contribution in [3.8, 4) is 17.0 Å². The second-order valence-electron chi connectivity index (χ2n) is 6.61. The van der Waals surface area contributed by atoms with Crippen molar-refractivity contribution in [3.63, 3.8) is 0 Å². The Morgan fingerprint density at radius 2 is 2.00 bits per heavy atom. The Kier molecular flexibility index (Phi) is 4.25. The molecule has 130 valence electrons. The minimum atomic E-state index is -0.298.